The average Bonchev–Trinajstić information content (AvgIpc) is 2.79. The topological polar surface area (TPSA) is 55.8 Å². The predicted molar refractivity (Wildman–Crippen MR) is 109 cm³/mol. The molecule has 134 valence electrons. The summed E-state index contributed by atoms with van der Waals surface area (Å²) >= 11 is 3.11. The maximum absolute atomic E-state index is 12.3. The third-order valence-electron chi connectivity index (χ3n) is 3.17. The van der Waals surface area contributed by atoms with Crippen molar-refractivity contribution in [2.24, 2.45) is 0 Å². The van der Waals surface area contributed by atoms with Crippen molar-refractivity contribution in [3.05, 3.63) is 38.8 Å². The van der Waals surface area contributed by atoms with Crippen LogP contribution in [-0.2, 0) is 4.79 Å². The molecule has 0 atom stereocenters. The molecule has 1 fully saturated rings. The summed E-state index contributed by atoms with van der Waals surface area (Å²) in [4.78, 5) is 25.8. The first-order valence-electron chi connectivity index (χ1n) is 7.86. The Morgan fingerprint density at radius 2 is 2.08 bits per heavy atom. The van der Waals surface area contributed by atoms with Crippen LogP contribution in [0.15, 0.2) is 29.7 Å². The van der Waals surface area contributed by atoms with Crippen LogP contribution in [0.1, 0.15) is 26.3 Å². The van der Waals surface area contributed by atoms with E-state index in [1.807, 2.05) is 32.9 Å². The number of hydrogen-bond acceptors (Lipinski definition) is 5. The summed E-state index contributed by atoms with van der Waals surface area (Å²) in [7, 11) is 0. The van der Waals surface area contributed by atoms with Gasteiger partial charge < -0.3 is 9.47 Å². The van der Waals surface area contributed by atoms with Gasteiger partial charge in [0.25, 0.3) is 11.1 Å². The quantitative estimate of drug-likeness (QED) is 0.327. The van der Waals surface area contributed by atoms with E-state index < -0.39 is 0 Å². The van der Waals surface area contributed by atoms with E-state index in [0.29, 0.717) is 23.0 Å². The summed E-state index contributed by atoms with van der Waals surface area (Å²) < 4.78 is 12.4. The van der Waals surface area contributed by atoms with E-state index in [0.717, 1.165) is 20.9 Å². The highest BCUT2D eigenvalue weighted by molar-refractivity contribution is 14.1. The van der Waals surface area contributed by atoms with Crippen molar-refractivity contribution in [2.75, 3.05) is 13.2 Å². The van der Waals surface area contributed by atoms with Gasteiger partial charge in [-0.2, -0.15) is 0 Å². The molecule has 1 aliphatic heterocycles. The van der Waals surface area contributed by atoms with Gasteiger partial charge in [0.15, 0.2) is 11.5 Å². The van der Waals surface area contributed by atoms with Crippen LogP contribution in [0.4, 0.5) is 4.79 Å². The summed E-state index contributed by atoms with van der Waals surface area (Å²) in [6.07, 6.45) is 3.26. The van der Waals surface area contributed by atoms with Gasteiger partial charge in [-0.3, -0.25) is 14.5 Å². The minimum Gasteiger partial charge on any atom is -0.490 e. The van der Waals surface area contributed by atoms with Crippen LogP contribution >= 0.6 is 34.4 Å². The lowest BCUT2D eigenvalue weighted by Crippen LogP contribution is -2.27. The van der Waals surface area contributed by atoms with E-state index >= 15 is 0 Å². The molecule has 2 rings (SSSR count). The van der Waals surface area contributed by atoms with Gasteiger partial charge in [0, 0.05) is 6.54 Å². The van der Waals surface area contributed by atoms with Crippen LogP contribution < -0.4 is 9.47 Å². The number of halogens is 1. The van der Waals surface area contributed by atoms with Gasteiger partial charge in [-0.1, -0.05) is 6.08 Å². The summed E-state index contributed by atoms with van der Waals surface area (Å²) in [6.45, 7) is 10.1. The highest BCUT2D eigenvalue weighted by Crippen LogP contribution is 2.37. The lowest BCUT2D eigenvalue weighted by molar-refractivity contribution is -0.122. The Balaban J connectivity index is 2.38. The van der Waals surface area contributed by atoms with Crippen molar-refractivity contribution >= 4 is 51.6 Å². The van der Waals surface area contributed by atoms with Gasteiger partial charge in [-0.25, -0.2) is 0 Å². The van der Waals surface area contributed by atoms with Crippen molar-refractivity contribution < 1.29 is 19.1 Å². The molecular weight excluding hydrogens is 453 g/mol. The van der Waals surface area contributed by atoms with Crippen LogP contribution in [0.5, 0.6) is 11.5 Å². The fraction of sp³-hybridized carbons (Fsp3) is 0.333. The smallest absolute Gasteiger partial charge is 0.293 e. The summed E-state index contributed by atoms with van der Waals surface area (Å²) in [5.41, 5.74) is 0.785. The predicted octanol–water partition coefficient (Wildman–Crippen LogP) is 4.70. The largest absolute Gasteiger partial charge is 0.490 e. The van der Waals surface area contributed by atoms with E-state index in [1.165, 1.54) is 11.0 Å². The molecule has 1 aliphatic rings. The van der Waals surface area contributed by atoms with E-state index in [4.69, 9.17) is 9.47 Å². The number of benzene rings is 1. The molecule has 7 heteroatoms. The second-order valence-electron chi connectivity index (χ2n) is 5.51. The third kappa shape index (κ3) is 4.78. The Hall–Kier alpha value is -1.48. The van der Waals surface area contributed by atoms with E-state index in [9.17, 15) is 9.59 Å². The molecule has 2 amide bonds. The number of rotatable bonds is 7. The number of thioether (sulfide) groups is 1. The van der Waals surface area contributed by atoms with Crippen molar-refractivity contribution in [3.63, 3.8) is 0 Å². The zero-order valence-corrected chi connectivity index (χ0v) is 17.3. The molecule has 1 aromatic carbocycles. The lowest BCUT2D eigenvalue weighted by atomic mass is 10.1. The minimum absolute atomic E-state index is 0.0222. The fourth-order valence-electron chi connectivity index (χ4n) is 2.22. The molecule has 1 aromatic rings. The summed E-state index contributed by atoms with van der Waals surface area (Å²) in [6, 6.07) is 3.73. The number of amides is 2. The van der Waals surface area contributed by atoms with Crippen molar-refractivity contribution in [1.29, 1.82) is 0 Å². The van der Waals surface area contributed by atoms with Crippen LogP contribution in [0.2, 0.25) is 0 Å². The van der Waals surface area contributed by atoms with E-state index in [1.54, 1.807) is 6.08 Å². The molecular formula is C18H20INO4S. The molecule has 0 bridgehead atoms. The van der Waals surface area contributed by atoms with E-state index in [-0.39, 0.29) is 23.8 Å². The van der Waals surface area contributed by atoms with Crippen molar-refractivity contribution in [3.8, 4) is 11.5 Å². The molecule has 0 spiro atoms. The number of nitrogens with zero attached hydrogens (tertiary/aromatic N) is 1. The molecule has 0 aromatic heterocycles. The SMILES string of the molecule is C=CCN1C(=O)S/C(=C/c2cc(I)c(OC(C)C)c(OCC)c2)C1=O. The third-order valence-corrected chi connectivity index (χ3v) is 4.88. The standard InChI is InChI=1S/C18H20INO4S/c1-5-7-20-17(21)15(25-18(20)22)10-12-8-13(19)16(24-11(3)4)14(9-12)23-6-2/h5,8-11H,1,6-7H2,2-4H3/b15-10+. The molecule has 1 saturated heterocycles. The molecule has 25 heavy (non-hydrogen) atoms. The molecule has 5 nitrogen and oxygen atoms in total. The van der Waals surface area contributed by atoms with Crippen molar-refractivity contribution in [1.82, 2.24) is 4.90 Å². The number of hydrogen-bond donors (Lipinski definition) is 0. The second kappa shape index (κ2) is 8.75. The number of imide groups is 1. The van der Waals surface area contributed by atoms with Gasteiger partial charge in [0.05, 0.1) is 21.2 Å². The van der Waals surface area contributed by atoms with Gasteiger partial charge >= 0.3 is 0 Å². The van der Waals surface area contributed by atoms with Crippen molar-refractivity contribution in [2.45, 2.75) is 26.9 Å². The number of carbonyl (C=O) groups excluding carboxylic acids is 2. The monoisotopic (exact) mass is 473 g/mol. The summed E-state index contributed by atoms with van der Waals surface area (Å²) in [5, 5.41) is -0.282. The first-order valence-corrected chi connectivity index (χ1v) is 9.76. The second-order valence-corrected chi connectivity index (χ2v) is 7.67. The van der Waals surface area contributed by atoms with Gasteiger partial charge in [0.1, 0.15) is 0 Å². The van der Waals surface area contributed by atoms with Crippen LogP contribution in [0.3, 0.4) is 0 Å². The maximum atomic E-state index is 12.3. The maximum Gasteiger partial charge on any atom is 0.293 e. The lowest BCUT2D eigenvalue weighted by Gasteiger charge is -2.17. The average molecular weight is 473 g/mol. The molecule has 0 saturated carbocycles. The van der Waals surface area contributed by atoms with Gasteiger partial charge in [-0.15, -0.1) is 6.58 Å². The molecule has 0 N–H and O–H groups in total. The Kier molecular flexibility index (Phi) is 6.95. The van der Waals surface area contributed by atoms with Crippen LogP contribution in [0, 0.1) is 3.57 Å². The highest BCUT2D eigenvalue weighted by atomic mass is 127. The first-order chi connectivity index (χ1) is 11.9. The molecule has 1 heterocycles. The normalized spacial score (nSPS) is 16.0. The molecule has 0 unspecified atom stereocenters. The molecule has 0 aliphatic carbocycles. The Morgan fingerprint density at radius 3 is 2.68 bits per heavy atom. The van der Waals surface area contributed by atoms with Gasteiger partial charge in [0.2, 0.25) is 0 Å². The Morgan fingerprint density at radius 1 is 1.36 bits per heavy atom. The highest BCUT2D eigenvalue weighted by Gasteiger charge is 2.34. The Labute approximate surface area is 165 Å². The molecule has 0 radical (unpaired) electrons. The van der Waals surface area contributed by atoms with Crippen LogP contribution in [0.25, 0.3) is 6.08 Å². The van der Waals surface area contributed by atoms with Gasteiger partial charge in [-0.05, 0) is 78.9 Å². The first kappa shape index (κ1) is 19.8. The number of carbonyl (C=O) groups is 2. The fourth-order valence-corrected chi connectivity index (χ4v) is 3.82. The minimum atomic E-state index is -0.301. The Bertz CT molecular complexity index is 730. The van der Waals surface area contributed by atoms with Crippen LogP contribution in [-0.4, -0.2) is 35.3 Å². The number of ether oxygens (including phenoxy) is 2. The van der Waals surface area contributed by atoms with E-state index in [2.05, 4.69) is 29.2 Å². The zero-order valence-electron chi connectivity index (χ0n) is 14.4. The summed E-state index contributed by atoms with van der Waals surface area (Å²) in [5.74, 6) is 1.01. The zero-order chi connectivity index (χ0) is 18.6.